The lowest BCUT2D eigenvalue weighted by atomic mass is 10.1. The summed E-state index contributed by atoms with van der Waals surface area (Å²) in [5, 5.41) is 47.5. The molecule has 0 fully saturated rings. The Labute approximate surface area is 243 Å². The number of rotatable bonds is 26. The Morgan fingerprint density at radius 3 is 1.34 bits per heavy atom. The molecule has 0 aromatic heterocycles. The number of likely N-dealkylation sites (N-methyl/N-ethyl adjacent to an activating group) is 4. The van der Waals surface area contributed by atoms with Crippen molar-refractivity contribution in [3.63, 3.8) is 0 Å². The van der Waals surface area contributed by atoms with Crippen molar-refractivity contribution in [3.8, 4) is 0 Å². The van der Waals surface area contributed by atoms with Crippen LogP contribution in [0.2, 0.25) is 0 Å². The number of aliphatic carboxylic acids is 1. The highest BCUT2D eigenvalue weighted by Gasteiger charge is 2.28. The minimum absolute atomic E-state index is 0.00646. The van der Waals surface area contributed by atoms with Gasteiger partial charge in [0.05, 0.1) is 72.5 Å². The fourth-order valence-electron chi connectivity index (χ4n) is 4.14. The molecule has 2 amide bonds. The van der Waals surface area contributed by atoms with Crippen molar-refractivity contribution in [1.29, 1.82) is 0 Å². The van der Waals surface area contributed by atoms with Crippen LogP contribution in [0.5, 0.6) is 0 Å². The zero-order chi connectivity index (χ0) is 31.2. The number of aliphatic hydroxyl groups excluding tert-OH is 4. The number of carboxylic acids is 1. The van der Waals surface area contributed by atoms with E-state index in [1.165, 1.54) is 9.80 Å². The van der Waals surface area contributed by atoms with Crippen LogP contribution in [-0.2, 0) is 23.9 Å². The molecule has 0 saturated carbocycles. The zero-order valence-electron chi connectivity index (χ0n) is 25.2. The molecule has 5 N–H and O–H groups in total. The van der Waals surface area contributed by atoms with Crippen molar-refractivity contribution < 1.29 is 49.4 Å². The molecule has 0 saturated heterocycles. The quantitative estimate of drug-likeness (QED) is 0.0626. The maximum absolute atomic E-state index is 12.8. The molecular weight excluding hydrogens is 542 g/mol. The van der Waals surface area contributed by atoms with Gasteiger partial charge in [0.2, 0.25) is 11.8 Å². The van der Waals surface area contributed by atoms with E-state index in [9.17, 15) is 29.7 Å². The van der Waals surface area contributed by atoms with Gasteiger partial charge in [0.15, 0.2) is 0 Å². The summed E-state index contributed by atoms with van der Waals surface area (Å²) in [6.07, 6.45) is 0. The molecule has 0 bridgehead atoms. The molecule has 15 heteroatoms. The molecule has 0 heterocycles. The molecule has 242 valence electrons. The minimum Gasteiger partial charge on any atom is -0.480 e. The van der Waals surface area contributed by atoms with E-state index in [0.717, 1.165) is 0 Å². The molecule has 15 nitrogen and oxygen atoms in total. The van der Waals surface area contributed by atoms with Gasteiger partial charge in [-0.3, -0.25) is 29.1 Å². The van der Waals surface area contributed by atoms with Crippen LogP contribution >= 0.6 is 0 Å². The smallest absolute Gasteiger partial charge is 0.317 e. The molecule has 0 aliphatic heterocycles. The number of carbonyl (C=O) groups excluding carboxylic acids is 2. The summed E-state index contributed by atoms with van der Waals surface area (Å²) in [7, 11) is 3.27. The fourth-order valence-corrected chi connectivity index (χ4v) is 4.14. The first-order valence-electron chi connectivity index (χ1n) is 14.1. The van der Waals surface area contributed by atoms with Crippen LogP contribution in [0.3, 0.4) is 0 Å². The Kier molecular flexibility index (Phi) is 22.5. The molecular formula is C26H53N5O10. The van der Waals surface area contributed by atoms with Gasteiger partial charge in [-0.2, -0.15) is 0 Å². The van der Waals surface area contributed by atoms with E-state index in [1.807, 2.05) is 13.8 Å². The Hall–Kier alpha value is -1.95. The fraction of sp³-hybridized carbons (Fsp3) is 0.885. The average molecular weight is 596 g/mol. The molecule has 0 aliphatic rings. The number of amides is 2. The molecule has 2 unspecified atom stereocenters. The van der Waals surface area contributed by atoms with Crippen molar-refractivity contribution >= 4 is 17.8 Å². The van der Waals surface area contributed by atoms with Crippen molar-refractivity contribution in [3.05, 3.63) is 0 Å². The van der Waals surface area contributed by atoms with Crippen LogP contribution in [0.4, 0.5) is 0 Å². The number of nitrogens with zero attached hydrogens (tertiary/aromatic N) is 5. The predicted octanol–water partition coefficient (Wildman–Crippen LogP) is -3.33. The maximum Gasteiger partial charge on any atom is 0.317 e. The van der Waals surface area contributed by atoms with Gasteiger partial charge in [-0.05, 0) is 13.1 Å². The standard InChI is InChI=1S/C26H53N5O10/c1-5-30(17-24(36)27(3)7-11-40-13-9-32)22(20-34)15-29(19-26(38)39)16-23(21-35)31(6-2)18-25(37)28(4)8-12-41-14-10-33/h22-23,32-35H,5-21H2,1-4H3,(H,38,39). The van der Waals surface area contributed by atoms with Gasteiger partial charge in [0.25, 0.3) is 0 Å². The van der Waals surface area contributed by atoms with Gasteiger partial charge in [0, 0.05) is 52.4 Å². The molecule has 0 rings (SSSR count). The van der Waals surface area contributed by atoms with Crippen LogP contribution in [-0.4, -0.2) is 206 Å². The summed E-state index contributed by atoms with van der Waals surface area (Å²) in [5.74, 6) is -1.48. The van der Waals surface area contributed by atoms with Gasteiger partial charge in [-0.1, -0.05) is 13.8 Å². The van der Waals surface area contributed by atoms with E-state index < -0.39 is 18.1 Å². The molecule has 0 aromatic rings. The van der Waals surface area contributed by atoms with Crippen molar-refractivity contribution in [2.75, 3.05) is 126 Å². The van der Waals surface area contributed by atoms with E-state index in [2.05, 4.69) is 0 Å². The van der Waals surface area contributed by atoms with Gasteiger partial charge < -0.3 is 44.8 Å². The third-order valence-electron chi connectivity index (χ3n) is 6.70. The number of hydrogen-bond acceptors (Lipinski definition) is 12. The second kappa shape index (κ2) is 23.6. The topological polar surface area (TPSA) is 187 Å². The van der Waals surface area contributed by atoms with E-state index in [4.69, 9.17) is 19.7 Å². The largest absolute Gasteiger partial charge is 0.480 e. The van der Waals surface area contributed by atoms with Crippen LogP contribution in [0.15, 0.2) is 0 Å². The lowest BCUT2D eigenvalue weighted by Gasteiger charge is -2.37. The van der Waals surface area contributed by atoms with Crippen LogP contribution < -0.4 is 0 Å². The lowest BCUT2D eigenvalue weighted by Crippen LogP contribution is -2.55. The Balaban J connectivity index is 5.37. The van der Waals surface area contributed by atoms with Gasteiger partial charge in [0.1, 0.15) is 0 Å². The van der Waals surface area contributed by atoms with E-state index in [0.29, 0.717) is 26.2 Å². The van der Waals surface area contributed by atoms with Gasteiger partial charge in [-0.25, -0.2) is 0 Å². The van der Waals surface area contributed by atoms with E-state index in [1.54, 1.807) is 28.8 Å². The molecule has 0 spiro atoms. The first kappa shape index (κ1) is 39.0. The molecule has 0 aromatic carbocycles. The normalized spacial score (nSPS) is 13.1. The van der Waals surface area contributed by atoms with Crippen molar-refractivity contribution in [1.82, 2.24) is 24.5 Å². The Bertz CT molecular complexity index is 670. The summed E-state index contributed by atoms with van der Waals surface area (Å²) in [6, 6.07) is -1.10. The van der Waals surface area contributed by atoms with Crippen LogP contribution in [0.25, 0.3) is 0 Å². The van der Waals surface area contributed by atoms with E-state index in [-0.39, 0.29) is 97.4 Å². The number of carbonyl (C=O) groups is 3. The molecule has 0 aliphatic carbocycles. The Morgan fingerprint density at radius 1 is 0.659 bits per heavy atom. The number of ether oxygens (including phenoxy) is 2. The summed E-state index contributed by atoms with van der Waals surface area (Å²) in [6.45, 7) is 5.20. The van der Waals surface area contributed by atoms with Crippen LogP contribution in [0, 0.1) is 0 Å². The highest BCUT2D eigenvalue weighted by molar-refractivity contribution is 5.78. The molecule has 41 heavy (non-hydrogen) atoms. The summed E-state index contributed by atoms with van der Waals surface area (Å²) in [4.78, 5) is 45.3. The average Bonchev–Trinajstić information content (AvgIpc) is 2.95. The van der Waals surface area contributed by atoms with E-state index >= 15 is 0 Å². The highest BCUT2D eigenvalue weighted by atomic mass is 16.5. The van der Waals surface area contributed by atoms with Crippen molar-refractivity contribution in [2.45, 2.75) is 25.9 Å². The third kappa shape index (κ3) is 16.9. The summed E-state index contributed by atoms with van der Waals surface area (Å²) >= 11 is 0. The van der Waals surface area contributed by atoms with Crippen LogP contribution in [0.1, 0.15) is 13.8 Å². The summed E-state index contributed by atoms with van der Waals surface area (Å²) < 4.78 is 10.4. The van der Waals surface area contributed by atoms with Gasteiger partial charge in [-0.15, -0.1) is 0 Å². The number of hydrogen-bond donors (Lipinski definition) is 5. The second-order valence-electron chi connectivity index (χ2n) is 9.69. The number of aliphatic hydroxyl groups is 4. The van der Waals surface area contributed by atoms with Crippen molar-refractivity contribution in [2.24, 2.45) is 0 Å². The Morgan fingerprint density at radius 2 is 1.05 bits per heavy atom. The SMILES string of the molecule is CCN(CC(=O)N(C)CCOCCO)C(CO)CN(CC(=O)O)CC(CO)N(CC)CC(=O)N(C)CCOCCO. The lowest BCUT2D eigenvalue weighted by molar-refractivity contribution is -0.140. The monoisotopic (exact) mass is 595 g/mol. The summed E-state index contributed by atoms with van der Waals surface area (Å²) in [5.41, 5.74) is 0. The third-order valence-corrected chi connectivity index (χ3v) is 6.70. The first-order valence-corrected chi connectivity index (χ1v) is 14.1. The second-order valence-corrected chi connectivity index (χ2v) is 9.69. The molecule has 2 atom stereocenters. The predicted molar refractivity (Wildman–Crippen MR) is 151 cm³/mol. The molecule has 0 radical (unpaired) electrons. The zero-order valence-corrected chi connectivity index (χ0v) is 25.2. The van der Waals surface area contributed by atoms with Gasteiger partial charge >= 0.3 is 5.97 Å². The highest BCUT2D eigenvalue weighted by Crippen LogP contribution is 2.09. The number of carboxylic acid groups (broad SMARTS) is 1. The minimum atomic E-state index is -1.08. The first-order chi connectivity index (χ1) is 19.6. The maximum atomic E-state index is 12.8.